The molecule has 0 aromatic heterocycles. The zero-order chi connectivity index (χ0) is 22.6. The number of carbonyl (C=O) groups is 1. The van der Waals surface area contributed by atoms with Crippen molar-refractivity contribution in [2.75, 3.05) is 39.4 Å². The largest absolute Gasteiger partial charge is 0.490 e. The Balaban J connectivity index is 1.39. The Labute approximate surface area is 187 Å². The van der Waals surface area contributed by atoms with Crippen LogP contribution in [0.3, 0.4) is 0 Å². The number of nitrogens with zero attached hydrogens (tertiary/aromatic N) is 2. The van der Waals surface area contributed by atoms with Crippen LogP contribution in [0.1, 0.15) is 18.4 Å². The molecule has 4 rings (SSSR count). The third-order valence-corrected chi connectivity index (χ3v) is 7.32. The number of benzene rings is 2. The fourth-order valence-electron chi connectivity index (χ4n) is 3.67. The zero-order valence-electron chi connectivity index (χ0n) is 17.6. The number of rotatable bonds is 4. The van der Waals surface area contributed by atoms with Crippen LogP contribution >= 0.6 is 0 Å². The van der Waals surface area contributed by atoms with E-state index in [-0.39, 0.29) is 23.9 Å². The summed E-state index contributed by atoms with van der Waals surface area (Å²) in [6.45, 7) is 2.43. The molecular formula is C23H25FN2O5S. The molecular weight excluding hydrogens is 435 g/mol. The summed E-state index contributed by atoms with van der Waals surface area (Å²) in [4.78, 5) is 14.4. The fourth-order valence-corrected chi connectivity index (χ4v) is 5.14. The predicted molar refractivity (Wildman–Crippen MR) is 117 cm³/mol. The molecule has 1 fully saturated rings. The molecule has 9 heteroatoms. The van der Waals surface area contributed by atoms with Crippen molar-refractivity contribution >= 4 is 22.0 Å². The first-order valence-corrected chi connectivity index (χ1v) is 12.0. The lowest BCUT2D eigenvalue weighted by atomic mass is 10.2. The molecule has 7 nitrogen and oxygen atoms in total. The summed E-state index contributed by atoms with van der Waals surface area (Å²) in [5.74, 6) is 0.685. The molecule has 0 bridgehead atoms. The highest BCUT2D eigenvalue weighted by atomic mass is 32.2. The molecule has 0 atom stereocenters. The number of carbonyl (C=O) groups excluding carboxylic acids is 1. The van der Waals surface area contributed by atoms with Gasteiger partial charge in [0.05, 0.1) is 18.1 Å². The highest BCUT2D eigenvalue weighted by Gasteiger charge is 2.27. The van der Waals surface area contributed by atoms with Crippen molar-refractivity contribution in [2.24, 2.45) is 0 Å². The summed E-state index contributed by atoms with van der Waals surface area (Å²) in [6, 6.07) is 10.3. The quantitative estimate of drug-likeness (QED) is 0.656. The summed E-state index contributed by atoms with van der Waals surface area (Å²) >= 11 is 0. The maximum absolute atomic E-state index is 13.1. The molecule has 0 radical (unpaired) electrons. The molecule has 1 saturated heterocycles. The van der Waals surface area contributed by atoms with E-state index in [1.807, 2.05) is 18.2 Å². The Morgan fingerprint density at radius 1 is 0.906 bits per heavy atom. The molecule has 0 N–H and O–H groups in total. The average molecular weight is 461 g/mol. The summed E-state index contributed by atoms with van der Waals surface area (Å²) in [5, 5.41) is 0. The highest BCUT2D eigenvalue weighted by molar-refractivity contribution is 7.89. The molecule has 1 amide bonds. The van der Waals surface area contributed by atoms with Crippen molar-refractivity contribution in [1.82, 2.24) is 9.21 Å². The van der Waals surface area contributed by atoms with E-state index >= 15 is 0 Å². The van der Waals surface area contributed by atoms with Gasteiger partial charge in [-0.15, -0.1) is 0 Å². The van der Waals surface area contributed by atoms with Crippen LogP contribution in [0.15, 0.2) is 53.4 Å². The Morgan fingerprint density at radius 2 is 1.66 bits per heavy atom. The fraction of sp³-hybridized carbons (Fsp3) is 0.348. The summed E-state index contributed by atoms with van der Waals surface area (Å²) in [7, 11) is -3.73. The number of amides is 1. The van der Waals surface area contributed by atoms with Crippen molar-refractivity contribution in [1.29, 1.82) is 0 Å². The second-order valence-electron chi connectivity index (χ2n) is 7.63. The van der Waals surface area contributed by atoms with Crippen LogP contribution in [0.2, 0.25) is 0 Å². The van der Waals surface area contributed by atoms with Gasteiger partial charge in [0, 0.05) is 38.7 Å². The van der Waals surface area contributed by atoms with Crippen LogP contribution in [-0.4, -0.2) is 62.9 Å². The lowest BCUT2D eigenvalue weighted by Crippen LogP contribution is -2.36. The van der Waals surface area contributed by atoms with Gasteiger partial charge in [0.15, 0.2) is 11.5 Å². The van der Waals surface area contributed by atoms with Crippen molar-refractivity contribution in [3.8, 4) is 11.5 Å². The normalized spacial score (nSPS) is 17.7. The van der Waals surface area contributed by atoms with Crippen LogP contribution < -0.4 is 9.47 Å². The summed E-state index contributed by atoms with van der Waals surface area (Å²) in [5.41, 5.74) is 0.818. The van der Waals surface area contributed by atoms with Crippen LogP contribution in [-0.2, 0) is 14.8 Å². The smallest absolute Gasteiger partial charge is 0.246 e. The second kappa shape index (κ2) is 9.70. The molecule has 2 heterocycles. The van der Waals surface area contributed by atoms with Gasteiger partial charge in [0.25, 0.3) is 0 Å². The molecule has 0 aliphatic carbocycles. The molecule has 2 aromatic rings. The van der Waals surface area contributed by atoms with Crippen molar-refractivity contribution in [2.45, 2.75) is 17.7 Å². The molecule has 2 aliphatic heterocycles. The van der Waals surface area contributed by atoms with Gasteiger partial charge in [0.2, 0.25) is 15.9 Å². The van der Waals surface area contributed by atoms with Crippen LogP contribution in [0.4, 0.5) is 4.39 Å². The van der Waals surface area contributed by atoms with Gasteiger partial charge >= 0.3 is 0 Å². The number of hydrogen-bond donors (Lipinski definition) is 0. The van der Waals surface area contributed by atoms with Crippen LogP contribution in [0.25, 0.3) is 6.08 Å². The topological polar surface area (TPSA) is 76.2 Å². The molecule has 0 spiro atoms. The monoisotopic (exact) mass is 460 g/mol. The molecule has 0 saturated carbocycles. The standard InChI is InChI=1S/C23H25FN2O5S/c24-19-5-7-20(8-6-19)32(28,29)26-12-1-11-25(13-14-26)23(27)10-4-18-3-9-21-22(17-18)31-16-2-15-30-21/h3-10,17H,1-2,11-16H2. The van der Waals surface area contributed by atoms with E-state index in [9.17, 15) is 17.6 Å². The van der Waals surface area contributed by atoms with Crippen molar-refractivity contribution in [3.63, 3.8) is 0 Å². The third-order valence-electron chi connectivity index (χ3n) is 5.41. The molecule has 32 heavy (non-hydrogen) atoms. The molecule has 170 valence electrons. The first kappa shape index (κ1) is 22.3. The van der Waals surface area contributed by atoms with E-state index in [1.165, 1.54) is 22.5 Å². The number of ether oxygens (including phenoxy) is 2. The maximum Gasteiger partial charge on any atom is 0.246 e. The van der Waals surface area contributed by atoms with Gasteiger partial charge < -0.3 is 14.4 Å². The van der Waals surface area contributed by atoms with Gasteiger partial charge in [-0.25, -0.2) is 12.8 Å². The van der Waals surface area contributed by atoms with Gasteiger partial charge in [0.1, 0.15) is 5.82 Å². The Kier molecular flexibility index (Phi) is 6.76. The van der Waals surface area contributed by atoms with E-state index < -0.39 is 15.8 Å². The van der Waals surface area contributed by atoms with E-state index in [0.29, 0.717) is 44.2 Å². The Bertz CT molecular complexity index is 1100. The van der Waals surface area contributed by atoms with Crippen molar-refractivity contribution < 1.29 is 27.1 Å². The minimum Gasteiger partial charge on any atom is -0.490 e. The predicted octanol–water partition coefficient (Wildman–Crippen LogP) is 2.92. The van der Waals surface area contributed by atoms with Crippen LogP contribution in [0.5, 0.6) is 11.5 Å². The Morgan fingerprint density at radius 3 is 2.44 bits per heavy atom. The van der Waals surface area contributed by atoms with Crippen molar-refractivity contribution in [3.05, 3.63) is 59.9 Å². The highest BCUT2D eigenvalue weighted by Crippen LogP contribution is 2.30. The SMILES string of the molecule is O=C(C=Cc1ccc2c(c1)OCCCO2)N1CCCN(S(=O)(=O)c2ccc(F)cc2)CC1. The minimum absolute atomic E-state index is 0.0491. The average Bonchev–Trinajstić information content (AvgIpc) is 3.18. The minimum atomic E-state index is -3.73. The first-order chi connectivity index (χ1) is 15.4. The lowest BCUT2D eigenvalue weighted by molar-refractivity contribution is -0.125. The second-order valence-corrected chi connectivity index (χ2v) is 9.56. The zero-order valence-corrected chi connectivity index (χ0v) is 18.4. The van der Waals surface area contributed by atoms with E-state index in [2.05, 4.69) is 0 Å². The first-order valence-electron chi connectivity index (χ1n) is 10.6. The number of fused-ring (bicyclic) bond motifs is 1. The van der Waals surface area contributed by atoms with E-state index in [0.717, 1.165) is 24.1 Å². The number of hydrogen-bond acceptors (Lipinski definition) is 5. The number of sulfonamides is 1. The summed E-state index contributed by atoms with van der Waals surface area (Å²) < 4.78 is 51.5. The van der Waals surface area contributed by atoms with Gasteiger partial charge in [-0.2, -0.15) is 4.31 Å². The molecule has 2 aromatic carbocycles. The van der Waals surface area contributed by atoms with Gasteiger partial charge in [-0.05, 0) is 54.5 Å². The number of halogens is 1. The van der Waals surface area contributed by atoms with Gasteiger partial charge in [-0.1, -0.05) is 6.07 Å². The molecule has 2 aliphatic rings. The lowest BCUT2D eigenvalue weighted by Gasteiger charge is -2.21. The van der Waals surface area contributed by atoms with E-state index in [4.69, 9.17) is 9.47 Å². The van der Waals surface area contributed by atoms with Crippen LogP contribution in [0, 0.1) is 5.82 Å². The van der Waals surface area contributed by atoms with E-state index in [1.54, 1.807) is 11.0 Å². The molecule has 0 unspecified atom stereocenters. The summed E-state index contributed by atoms with van der Waals surface area (Å²) in [6.07, 6.45) is 4.55. The maximum atomic E-state index is 13.1. The van der Waals surface area contributed by atoms with Gasteiger partial charge in [-0.3, -0.25) is 4.79 Å². The Hall–Kier alpha value is -2.91. The third kappa shape index (κ3) is 5.11.